The monoisotopic (exact) mass is 1270 g/mol. The zero-order valence-electron chi connectivity index (χ0n) is 49.7. The van der Waals surface area contributed by atoms with E-state index in [1.807, 2.05) is 36.1 Å². The van der Waals surface area contributed by atoms with Crippen molar-refractivity contribution in [3.05, 3.63) is 104 Å². The molecule has 3 saturated heterocycles. The lowest BCUT2D eigenvalue weighted by atomic mass is 9.86. The molecule has 9 rings (SSSR count). The van der Waals surface area contributed by atoms with E-state index >= 15 is 0 Å². The normalized spacial score (nSPS) is 20.5. The number of primary amides is 1. The van der Waals surface area contributed by atoms with Gasteiger partial charge in [0.25, 0.3) is 17.7 Å². The Bertz CT molecular complexity index is 3530. The second-order valence-corrected chi connectivity index (χ2v) is 27.1. The number of thiophene rings is 1. The van der Waals surface area contributed by atoms with Crippen LogP contribution in [0.3, 0.4) is 0 Å². The summed E-state index contributed by atoms with van der Waals surface area (Å²) in [6.45, 7) is 9.67. The third-order valence-corrected chi connectivity index (χ3v) is 19.3. The van der Waals surface area contributed by atoms with Crippen LogP contribution in [-0.4, -0.2) is 157 Å². The summed E-state index contributed by atoms with van der Waals surface area (Å²) in [4.78, 5) is 173. The summed E-state index contributed by atoms with van der Waals surface area (Å²) in [5.41, 5.74) is 3.35. The fourth-order valence-electron chi connectivity index (χ4n) is 12.1. The lowest BCUT2D eigenvalue weighted by molar-refractivity contribution is -0.144. The highest BCUT2D eigenvalue weighted by Crippen LogP contribution is 2.59. The summed E-state index contributed by atoms with van der Waals surface area (Å²) in [6.07, 6.45) is 2.11. The van der Waals surface area contributed by atoms with Crippen molar-refractivity contribution in [3.63, 3.8) is 0 Å². The second kappa shape index (κ2) is 26.7. The fraction of sp³-hybridized carbons (Fsp3) is 0.492. The molecule has 1 unspecified atom stereocenters. The molecule has 5 aliphatic rings. The Labute approximate surface area is 515 Å². The number of carbonyl (C=O) groups excluding carboxylic acids is 11. The molecule has 476 valence electrons. The SMILES string of the molecule is CCN1CC[C@H]2CC[C@@H](C(=O)N[C@@H](CCC(N)=O)C(=O)N[C@@H](Cc3ccc(C(C)(C)C)cc3)C(=O)NCCCCCC(=O)N3Cc4cc5c(cc4C3)C(=O)N(C3CCC(=O)NC3=O)C5=O)N2C(=O)[C@@H](NC(=O)c2cc3cc(C(F)(F)P(=O)(O)O)ccc3s2)C1. The van der Waals surface area contributed by atoms with E-state index in [0.717, 1.165) is 33.9 Å². The Hall–Kier alpha value is -7.84. The highest BCUT2D eigenvalue weighted by molar-refractivity contribution is 7.52. The van der Waals surface area contributed by atoms with E-state index in [4.69, 9.17) is 5.73 Å². The van der Waals surface area contributed by atoms with Gasteiger partial charge in [-0.05, 0) is 115 Å². The predicted octanol–water partition coefficient (Wildman–Crippen LogP) is 3.71. The number of nitrogens with one attached hydrogen (secondary N) is 5. The van der Waals surface area contributed by atoms with E-state index in [1.54, 1.807) is 17.0 Å². The maximum atomic E-state index is 14.7. The number of nitrogens with two attached hydrogens (primary N) is 1. The number of alkyl halides is 2. The molecule has 3 aromatic carbocycles. The number of benzene rings is 3. The van der Waals surface area contributed by atoms with Gasteiger partial charge in [-0.2, -0.15) is 8.78 Å². The van der Waals surface area contributed by atoms with Gasteiger partial charge in [0, 0.05) is 74.7 Å². The van der Waals surface area contributed by atoms with Crippen molar-refractivity contribution in [1.29, 1.82) is 0 Å². The number of nitrogens with zero attached hydrogens (tertiary/aromatic N) is 4. The van der Waals surface area contributed by atoms with Crippen LogP contribution < -0.4 is 32.3 Å². The summed E-state index contributed by atoms with van der Waals surface area (Å²) in [6, 6.07) is 8.48. The van der Waals surface area contributed by atoms with Crippen molar-refractivity contribution in [1.82, 2.24) is 46.2 Å². The van der Waals surface area contributed by atoms with Crippen molar-refractivity contribution < 1.29 is 75.9 Å². The summed E-state index contributed by atoms with van der Waals surface area (Å²) >= 11 is 0.915. The molecule has 0 radical (unpaired) electrons. The Morgan fingerprint density at radius 2 is 1.48 bits per heavy atom. The van der Waals surface area contributed by atoms with Gasteiger partial charge in [-0.3, -0.25) is 67.5 Å². The van der Waals surface area contributed by atoms with Crippen molar-refractivity contribution in [2.75, 3.05) is 26.2 Å². The van der Waals surface area contributed by atoms with Gasteiger partial charge in [-0.1, -0.05) is 64.4 Å². The summed E-state index contributed by atoms with van der Waals surface area (Å²) in [7, 11) is -5.88. The molecule has 0 saturated carbocycles. The first kappa shape index (κ1) is 65.6. The molecule has 0 aliphatic carbocycles. The molecular weight excluding hydrogens is 1200 g/mol. The van der Waals surface area contributed by atoms with Crippen molar-refractivity contribution in [2.45, 2.75) is 165 Å². The number of fused-ring (bicyclic) bond motifs is 4. The van der Waals surface area contributed by atoms with Gasteiger partial charge in [-0.25, -0.2) is 0 Å². The number of halogens is 2. The van der Waals surface area contributed by atoms with Gasteiger partial charge in [0.05, 0.1) is 16.0 Å². The molecule has 5 aliphatic heterocycles. The lowest BCUT2D eigenvalue weighted by Crippen LogP contribution is -2.61. The molecule has 6 atom stereocenters. The number of amides is 11. The highest BCUT2D eigenvalue weighted by atomic mass is 32.1. The van der Waals surface area contributed by atoms with Crippen molar-refractivity contribution in [3.8, 4) is 0 Å². The first-order chi connectivity index (χ1) is 42.0. The zero-order chi connectivity index (χ0) is 64.4. The van der Waals surface area contributed by atoms with Gasteiger partial charge >= 0.3 is 13.3 Å². The number of imide groups is 2. The largest absolute Gasteiger partial charge is 0.399 e. The van der Waals surface area contributed by atoms with Crippen LogP contribution in [0.1, 0.15) is 157 Å². The third-order valence-electron chi connectivity index (χ3n) is 17.2. The van der Waals surface area contributed by atoms with E-state index in [-0.39, 0.29) is 104 Å². The van der Waals surface area contributed by atoms with Crippen LogP contribution >= 0.6 is 18.9 Å². The number of hydrogen-bond donors (Lipinski definition) is 8. The number of unbranched alkanes of at least 4 members (excludes halogenated alkanes) is 2. The predicted molar refractivity (Wildman–Crippen MR) is 319 cm³/mol. The summed E-state index contributed by atoms with van der Waals surface area (Å²) in [5.74, 6) is -6.77. The van der Waals surface area contributed by atoms with E-state index in [9.17, 15) is 75.9 Å². The smallest absolute Gasteiger partial charge is 0.370 e. The summed E-state index contributed by atoms with van der Waals surface area (Å²) in [5, 5.41) is 13.5. The Morgan fingerprint density at radius 3 is 2.11 bits per heavy atom. The average molecular weight is 1270 g/mol. The average Bonchev–Trinajstić information content (AvgIpc) is 1.63. The van der Waals surface area contributed by atoms with Crippen molar-refractivity contribution >= 4 is 94.0 Å². The van der Waals surface area contributed by atoms with Crippen LogP contribution in [0.2, 0.25) is 0 Å². The minimum atomic E-state index is -5.88. The maximum Gasteiger partial charge on any atom is 0.399 e. The van der Waals surface area contributed by atoms with E-state index in [0.29, 0.717) is 66.6 Å². The third kappa shape index (κ3) is 14.6. The molecule has 4 aromatic rings. The molecule has 0 bridgehead atoms. The number of piperidine rings is 1. The molecule has 9 N–H and O–H groups in total. The number of hydrogen-bond acceptors (Lipinski definition) is 14. The van der Waals surface area contributed by atoms with E-state index in [1.165, 1.54) is 17.0 Å². The van der Waals surface area contributed by atoms with Crippen LogP contribution in [0.4, 0.5) is 8.78 Å². The first-order valence-electron chi connectivity index (χ1n) is 29.8. The van der Waals surface area contributed by atoms with Gasteiger partial charge in [0.2, 0.25) is 47.3 Å². The molecule has 6 heterocycles. The molecule has 11 amide bonds. The fourth-order valence-corrected chi connectivity index (χ4v) is 13.5. The van der Waals surface area contributed by atoms with Crippen LogP contribution in [0, 0.1) is 0 Å². The number of rotatable bonds is 22. The molecule has 0 spiro atoms. The lowest BCUT2D eigenvalue weighted by Gasteiger charge is -2.38. The van der Waals surface area contributed by atoms with Crippen molar-refractivity contribution in [2.24, 2.45) is 5.73 Å². The molecule has 28 heteroatoms. The van der Waals surface area contributed by atoms with Crippen LogP contribution in [-0.2, 0) is 73.5 Å². The van der Waals surface area contributed by atoms with Gasteiger partial charge in [0.1, 0.15) is 30.2 Å². The minimum absolute atomic E-state index is 0.00450. The first-order valence-corrected chi connectivity index (χ1v) is 32.2. The molecule has 1 aromatic heterocycles. The molecule has 24 nitrogen and oxygen atoms in total. The minimum Gasteiger partial charge on any atom is -0.370 e. The Kier molecular flexibility index (Phi) is 19.7. The molecular formula is C61H73F2N10O14PS. The Morgan fingerprint density at radius 1 is 0.809 bits per heavy atom. The van der Waals surface area contributed by atoms with Crippen LogP contribution in [0.15, 0.2) is 60.7 Å². The van der Waals surface area contributed by atoms with E-state index < -0.39 is 114 Å². The van der Waals surface area contributed by atoms with Gasteiger partial charge in [0.15, 0.2) is 0 Å². The maximum absolute atomic E-state index is 14.7. The second-order valence-electron chi connectivity index (χ2n) is 24.4. The highest BCUT2D eigenvalue weighted by Gasteiger charge is 2.51. The topological polar surface area (TPSA) is 344 Å². The Balaban J connectivity index is 0.823. The number of carbonyl (C=O) groups is 11. The van der Waals surface area contributed by atoms with E-state index in [2.05, 4.69) is 47.4 Å². The van der Waals surface area contributed by atoms with Gasteiger partial charge < -0.3 is 51.5 Å². The van der Waals surface area contributed by atoms with Crippen LogP contribution in [0.5, 0.6) is 0 Å². The summed E-state index contributed by atoms with van der Waals surface area (Å²) < 4.78 is 41.2. The zero-order valence-corrected chi connectivity index (χ0v) is 51.4. The standard InChI is InChI=1S/C61H73F2N10O14PS/c1-5-70-24-22-39-15-17-45(72(39)59(84)44(32-70)68-56(81)48-29-34-26-38(14-19-47(34)89-48)61(62,63)88(85,86)87)54(79)66-42(16-20-49(64)74)53(78)67-43(25-33-10-12-37(13-11-33)60(2,3)4)52(77)65-23-8-6-7-9-51(76)71-30-35-27-40-41(28-36(35)31-71)58(83)73(57(40)82)46-18-21-50(75)69-55(46)80/h10-14,19,26-29,39,42-46H,5-9,15-18,20-25,30-32H2,1-4H3,(H2,64,74)(H,65,77)(H,66,79)(H,67,78)(H,68,81)(H,69,75,80)(H2,85,86,87)/t39-,42+,43+,44+,45+,46?/m1/s1. The van der Waals surface area contributed by atoms with Gasteiger partial charge in [-0.15, -0.1) is 11.3 Å². The quantitative estimate of drug-likeness (QED) is 0.0316. The molecule has 89 heavy (non-hydrogen) atoms. The molecule has 3 fully saturated rings. The van der Waals surface area contributed by atoms with Crippen LogP contribution in [0.25, 0.3) is 10.1 Å². The number of likely N-dealkylation sites (N-methyl/N-ethyl adjacent to an activating group) is 1.